The quantitative estimate of drug-likeness (QED) is 0.546. The molecule has 0 unspecified atom stereocenters. The molecule has 0 bridgehead atoms. The van der Waals surface area contributed by atoms with Crippen molar-refractivity contribution in [1.82, 2.24) is 0 Å². The molecule has 1 aromatic rings. The van der Waals surface area contributed by atoms with Crippen LogP contribution in [0.4, 0.5) is 0 Å². The number of hydrogen-bond donors (Lipinski definition) is 0. The second-order valence-corrected chi connectivity index (χ2v) is 4.39. The Morgan fingerprint density at radius 1 is 1.53 bits per heavy atom. The Hall–Kier alpha value is -1.60. The Bertz CT molecular complexity index is 431. The molecule has 0 radical (unpaired) electrons. The van der Waals surface area contributed by atoms with Crippen molar-refractivity contribution >= 4 is 6.08 Å². The highest BCUT2D eigenvalue weighted by atomic mass is 16.5. The molecule has 78 valence electrons. The zero-order valence-electron chi connectivity index (χ0n) is 8.91. The van der Waals surface area contributed by atoms with Crippen molar-refractivity contribution in [2.24, 2.45) is 4.99 Å². The van der Waals surface area contributed by atoms with Crippen molar-refractivity contribution in [2.45, 2.75) is 32.4 Å². The first-order chi connectivity index (χ1) is 7.11. The van der Waals surface area contributed by atoms with Crippen LogP contribution < -0.4 is 4.74 Å². The summed E-state index contributed by atoms with van der Waals surface area (Å²) >= 11 is 0. The molecular formula is C12H13NO2. The zero-order valence-corrected chi connectivity index (χ0v) is 8.91. The van der Waals surface area contributed by atoms with E-state index in [1.165, 1.54) is 11.6 Å². The van der Waals surface area contributed by atoms with Crippen LogP contribution in [0.3, 0.4) is 0 Å². The molecule has 1 aromatic carbocycles. The van der Waals surface area contributed by atoms with Gasteiger partial charge in [0.05, 0.1) is 6.54 Å². The van der Waals surface area contributed by atoms with Crippen molar-refractivity contribution in [3.63, 3.8) is 0 Å². The van der Waals surface area contributed by atoms with Gasteiger partial charge in [0.1, 0.15) is 11.4 Å². The van der Waals surface area contributed by atoms with Gasteiger partial charge in [-0.25, -0.2) is 9.79 Å². The number of isocyanates is 1. The number of hydrogen-bond acceptors (Lipinski definition) is 3. The molecule has 0 amide bonds. The van der Waals surface area contributed by atoms with E-state index in [-0.39, 0.29) is 5.60 Å². The minimum absolute atomic E-state index is 0.116. The molecule has 15 heavy (non-hydrogen) atoms. The molecule has 0 aliphatic carbocycles. The molecule has 3 heteroatoms. The molecule has 0 aromatic heterocycles. The lowest BCUT2D eigenvalue weighted by Gasteiger charge is -2.16. The van der Waals surface area contributed by atoms with Crippen molar-refractivity contribution < 1.29 is 9.53 Å². The van der Waals surface area contributed by atoms with Crippen molar-refractivity contribution in [1.29, 1.82) is 0 Å². The summed E-state index contributed by atoms with van der Waals surface area (Å²) in [5, 5.41) is 0. The average molecular weight is 203 g/mol. The average Bonchev–Trinajstić information content (AvgIpc) is 2.47. The maximum Gasteiger partial charge on any atom is 0.235 e. The normalized spacial score (nSPS) is 16.4. The number of nitrogens with zero attached hydrogens (tertiary/aromatic N) is 1. The predicted molar refractivity (Wildman–Crippen MR) is 56.7 cm³/mol. The van der Waals surface area contributed by atoms with E-state index in [9.17, 15) is 4.79 Å². The number of carbonyl (C=O) groups excluding carboxylic acids is 1. The predicted octanol–water partition coefficient (Wildman–Crippen LogP) is 2.24. The summed E-state index contributed by atoms with van der Waals surface area (Å²) in [6.07, 6.45) is 2.46. The fraction of sp³-hybridized carbons (Fsp3) is 0.417. The third kappa shape index (κ3) is 2.08. The fourth-order valence-corrected chi connectivity index (χ4v) is 1.85. The first-order valence-corrected chi connectivity index (χ1v) is 4.95. The van der Waals surface area contributed by atoms with Crippen LogP contribution in [0.15, 0.2) is 23.2 Å². The van der Waals surface area contributed by atoms with Gasteiger partial charge < -0.3 is 4.74 Å². The first-order valence-electron chi connectivity index (χ1n) is 4.95. The van der Waals surface area contributed by atoms with Gasteiger partial charge in [-0.2, -0.15) is 0 Å². The Morgan fingerprint density at radius 2 is 2.33 bits per heavy atom. The van der Waals surface area contributed by atoms with Crippen LogP contribution in [0.2, 0.25) is 0 Å². The van der Waals surface area contributed by atoms with Crippen molar-refractivity contribution in [3.05, 3.63) is 29.3 Å². The summed E-state index contributed by atoms with van der Waals surface area (Å²) in [6, 6.07) is 5.97. The first kappa shape index (κ1) is 9.94. The summed E-state index contributed by atoms with van der Waals surface area (Å²) in [7, 11) is 0. The molecule has 0 spiro atoms. The summed E-state index contributed by atoms with van der Waals surface area (Å²) in [4.78, 5) is 13.5. The highest BCUT2D eigenvalue weighted by Gasteiger charge is 2.29. The lowest BCUT2D eigenvalue weighted by atomic mass is 10.0. The van der Waals surface area contributed by atoms with Gasteiger partial charge in [-0.15, -0.1) is 0 Å². The summed E-state index contributed by atoms with van der Waals surface area (Å²) in [6.45, 7) is 4.51. The molecule has 1 aliphatic rings. The summed E-state index contributed by atoms with van der Waals surface area (Å²) in [5.74, 6) is 0.915. The number of fused-ring (bicyclic) bond motifs is 1. The minimum atomic E-state index is -0.116. The van der Waals surface area contributed by atoms with Gasteiger partial charge in [-0.1, -0.05) is 12.1 Å². The lowest BCUT2D eigenvalue weighted by Crippen LogP contribution is -2.24. The smallest absolute Gasteiger partial charge is 0.235 e. The summed E-state index contributed by atoms with van der Waals surface area (Å²) in [5.41, 5.74) is 2.09. The maximum atomic E-state index is 9.99. The van der Waals surface area contributed by atoms with Crippen LogP contribution in [0.5, 0.6) is 5.75 Å². The second-order valence-electron chi connectivity index (χ2n) is 4.39. The molecule has 2 rings (SSSR count). The van der Waals surface area contributed by atoms with E-state index in [4.69, 9.17) is 4.74 Å². The topological polar surface area (TPSA) is 38.7 Å². The lowest BCUT2D eigenvalue weighted by molar-refractivity contribution is 0.138. The van der Waals surface area contributed by atoms with Gasteiger partial charge in [-0.05, 0) is 31.0 Å². The minimum Gasteiger partial charge on any atom is -0.487 e. The standard InChI is InChI=1S/C12H13NO2/c1-12(2)6-10-4-3-9(7-13-8-14)5-11(10)15-12/h3-5H,6-7H2,1-2H3. The second kappa shape index (κ2) is 3.52. The molecule has 1 aliphatic heterocycles. The highest BCUT2D eigenvalue weighted by Crippen LogP contribution is 2.35. The van der Waals surface area contributed by atoms with Crippen LogP contribution in [-0.4, -0.2) is 11.7 Å². The molecule has 1 heterocycles. The van der Waals surface area contributed by atoms with Crippen LogP contribution in [-0.2, 0) is 17.8 Å². The SMILES string of the molecule is CC1(C)Cc2ccc(CN=C=O)cc2O1. The molecule has 3 nitrogen and oxygen atoms in total. The zero-order chi connectivity index (χ0) is 10.9. The van der Waals surface area contributed by atoms with Gasteiger partial charge in [-0.3, -0.25) is 0 Å². The van der Waals surface area contributed by atoms with Gasteiger partial charge in [0.2, 0.25) is 6.08 Å². The Labute approximate surface area is 88.8 Å². The number of rotatable bonds is 2. The number of ether oxygens (including phenoxy) is 1. The highest BCUT2D eigenvalue weighted by molar-refractivity contribution is 5.42. The van der Waals surface area contributed by atoms with Gasteiger partial charge in [0, 0.05) is 6.42 Å². The van der Waals surface area contributed by atoms with Gasteiger partial charge in [0.15, 0.2) is 0 Å². The van der Waals surface area contributed by atoms with E-state index in [0.29, 0.717) is 6.54 Å². The van der Waals surface area contributed by atoms with Gasteiger partial charge >= 0.3 is 0 Å². The van der Waals surface area contributed by atoms with Crippen molar-refractivity contribution in [2.75, 3.05) is 0 Å². The van der Waals surface area contributed by atoms with E-state index in [2.05, 4.69) is 18.8 Å². The van der Waals surface area contributed by atoms with E-state index in [1.54, 1.807) is 0 Å². The monoisotopic (exact) mass is 203 g/mol. The Morgan fingerprint density at radius 3 is 3.07 bits per heavy atom. The number of benzene rings is 1. The molecule has 0 saturated carbocycles. The molecule has 0 atom stereocenters. The molecule has 0 fully saturated rings. The van der Waals surface area contributed by atoms with E-state index in [0.717, 1.165) is 17.7 Å². The molecule has 0 saturated heterocycles. The largest absolute Gasteiger partial charge is 0.487 e. The van der Waals surface area contributed by atoms with E-state index < -0.39 is 0 Å². The third-order valence-electron chi connectivity index (χ3n) is 2.46. The van der Waals surface area contributed by atoms with E-state index >= 15 is 0 Å². The fourth-order valence-electron chi connectivity index (χ4n) is 1.85. The van der Waals surface area contributed by atoms with Crippen LogP contribution in [0, 0.1) is 0 Å². The third-order valence-corrected chi connectivity index (χ3v) is 2.46. The van der Waals surface area contributed by atoms with Crippen LogP contribution >= 0.6 is 0 Å². The van der Waals surface area contributed by atoms with Crippen LogP contribution in [0.25, 0.3) is 0 Å². The Kier molecular flexibility index (Phi) is 2.33. The summed E-state index contributed by atoms with van der Waals surface area (Å²) < 4.78 is 5.77. The van der Waals surface area contributed by atoms with Crippen molar-refractivity contribution in [3.8, 4) is 5.75 Å². The number of aliphatic imine (C=N–C) groups is 1. The Balaban J connectivity index is 2.26. The molecule has 0 N–H and O–H groups in total. The van der Waals surface area contributed by atoms with E-state index in [1.807, 2.05) is 18.2 Å². The molecular weight excluding hydrogens is 190 g/mol. The maximum absolute atomic E-state index is 9.99. The van der Waals surface area contributed by atoms with Gasteiger partial charge in [0.25, 0.3) is 0 Å². The van der Waals surface area contributed by atoms with Crippen LogP contribution in [0.1, 0.15) is 25.0 Å².